The highest BCUT2D eigenvalue weighted by molar-refractivity contribution is 7.89. The van der Waals surface area contributed by atoms with Crippen molar-refractivity contribution in [2.45, 2.75) is 17.4 Å². The molecule has 0 aliphatic heterocycles. The Morgan fingerprint density at radius 1 is 1.00 bits per heavy atom. The van der Waals surface area contributed by atoms with Crippen molar-refractivity contribution in [3.05, 3.63) is 66.2 Å². The first-order valence-corrected chi connectivity index (χ1v) is 7.90. The lowest BCUT2D eigenvalue weighted by molar-refractivity contribution is -0.383. The van der Waals surface area contributed by atoms with Crippen LogP contribution in [-0.2, 0) is 15.6 Å². The van der Waals surface area contributed by atoms with Crippen LogP contribution in [0.1, 0.15) is 12.5 Å². The van der Waals surface area contributed by atoms with Gasteiger partial charge in [0.05, 0.1) is 11.4 Å². The molecule has 20 heavy (non-hydrogen) atoms. The third-order valence-electron chi connectivity index (χ3n) is 3.32. The smallest absolute Gasteiger partial charge is 0.241 e. The third kappa shape index (κ3) is 3.07. The van der Waals surface area contributed by atoms with E-state index in [1.54, 1.807) is 30.3 Å². The minimum Gasteiger partial charge on any atom is -0.356 e. The Morgan fingerprint density at radius 2 is 1.50 bits per heavy atom. The van der Waals surface area contributed by atoms with Crippen molar-refractivity contribution < 1.29 is 14.2 Å². The molecule has 0 bridgehead atoms. The molecular weight excluding hydrogens is 272 g/mol. The molecule has 2 rings (SSSR count). The van der Waals surface area contributed by atoms with Gasteiger partial charge in [0.25, 0.3) is 0 Å². The van der Waals surface area contributed by atoms with Crippen molar-refractivity contribution in [3.63, 3.8) is 0 Å². The highest BCUT2D eigenvalue weighted by Gasteiger charge is 2.32. The monoisotopic (exact) mass is 291 g/mol. The number of sulfonamides is 1. The minimum atomic E-state index is -3.57. The predicted octanol–water partition coefficient (Wildman–Crippen LogP) is 1.12. The van der Waals surface area contributed by atoms with Crippen LogP contribution in [0.3, 0.4) is 0 Å². The maximum absolute atomic E-state index is 12.4. The van der Waals surface area contributed by atoms with Crippen LogP contribution in [0.25, 0.3) is 0 Å². The Balaban J connectivity index is 2.36. The van der Waals surface area contributed by atoms with Gasteiger partial charge in [0.15, 0.2) is 0 Å². The molecule has 5 heteroatoms. The Labute approximate surface area is 119 Å². The zero-order valence-electron chi connectivity index (χ0n) is 11.4. The van der Waals surface area contributed by atoms with Gasteiger partial charge in [0, 0.05) is 0 Å². The zero-order valence-corrected chi connectivity index (χ0v) is 12.2. The standard InChI is InChI=1S/C15H18N2O2S/c1-15(12-16,13-8-4-2-5-9-13)17-20(18,19)14-10-6-3-7-11-14/h2-11,17H,12,16H2,1H3/p+1/t15-/m0/s1. The second-order valence-electron chi connectivity index (χ2n) is 4.87. The Bertz CT molecular complexity index is 657. The van der Waals surface area contributed by atoms with Crippen molar-refractivity contribution in [2.24, 2.45) is 0 Å². The molecule has 0 saturated carbocycles. The molecule has 0 amide bonds. The molecule has 2 aromatic rings. The van der Waals surface area contributed by atoms with Crippen LogP contribution in [0.4, 0.5) is 0 Å². The molecule has 0 aliphatic rings. The summed E-state index contributed by atoms with van der Waals surface area (Å²) >= 11 is 0. The SMILES string of the molecule is C[C@@](C[NH3+])(NS(=O)(=O)c1ccccc1)c1ccccc1. The molecule has 0 fully saturated rings. The fraction of sp³-hybridized carbons (Fsp3) is 0.200. The van der Waals surface area contributed by atoms with Crippen LogP contribution < -0.4 is 10.5 Å². The van der Waals surface area contributed by atoms with Gasteiger partial charge >= 0.3 is 0 Å². The van der Waals surface area contributed by atoms with Crippen LogP contribution in [0.5, 0.6) is 0 Å². The number of benzene rings is 2. The molecule has 0 aromatic heterocycles. The lowest BCUT2D eigenvalue weighted by atomic mass is 9.94. The summed E-state index contributed by atoms with van der Waals surface area (Å²) in [5.74, 6) is 0. The molecule has 1 atom stereocenters. The van der Waals surface area contributed by atoms with Crippen LogP contribution in [0.15, 0.2) is 65.6 Å². The average Bonchev–Trinajstić information content (AvgIpc) is 2.48. The van der Waals surface area contributed by atoms with E-state index in [0.29, 0.717) is 6.54 Å². The van der Waals surface area contributed by atoms with E-state index in [9.17, 15) is 8.42 Å². The molecule has 4 N–H and O–H groups in total. The molecule has 2 aromatic carbocycles. The van der Waals surface area contributed by atoms with Crippen molar-refractivity contribution in [2.75, 3.05) is 6.54 Å². The lowest BCUT2D eigenvalue weighted by Gasteiger charge is -2.27. The van der Waals surface area contributed by atoms with Gasteiger partial charge in [-0.3, -0.25) is 0 Å². The van der Waals surface area contributed by atoms with Gasteiger partial charge in [0.2, 0.25) is 10.0 Å². The summed E-state index contributed by atoms with van der Waals surface area (Å²) in [7, 11) is -3.57. The van der Waals surface area contributed by atoms with Gasteiger partial charge in [0.1, 0.15) is 5.54 Å². The van der Waals surface area contributed by atoms with E-state index in [1.165, 1.54) is 0 Å². The largest absolute Gasteiger partial charge is 0.356 e. The lowest BCUT2D eigenvalue weighted by Crippen LogP contribution is -2.64. The van der Waals surface area contributed by atoms with Crippen molar-refractivity contribution in [1.82, 2.24) is 4.72 Å². The molecular formula is C15H19N2O2S+. The summed E-state index contributed by atoms with van der Waals surface area (Å²) in [4.78, 5) is 0.260. The Hall–Kier alpha value is -1.69. The molecule has 4 nitrogen and oxygen atoms in total. The van der Waals surface area contributed by atoms with Crippen molar-refractivity contribution >= 4 is 10.0 Å². The summed E-state index contributed by atoms with van der Waals surface area (Å²) in [5, 5.41) is 0. The van der Waals surface area contributed by atoms with Crippen molar-refractivity contribution in [3.8, 4) is 0 Å². The van der Waals surface area contributed by atoms with E-state index < -0.39 is 15.6 Å². The maximum Gasteiger partial charge on any atom is 0.241 e. The second kappa shape index (κ2) is 5.75. The topological polar surface area (TPSA) is 73.8 Å². The van der Waals surface area contributed by atoms with E-state index in [-0.39, 0.29) is 4.90 Å². The number of hydrogen-bond donors (Lipinski definition) is 2. The highest BCUT2D eigenvalue weighted by atomic mass is 32.2. The van der Waals surface area contributed by atoms with Gasteiger partial charge in [-0.1, -0.05) is 48.5 Å². The fourth-order valence-corrected chi connectivity index (χ4v) is 3.46. The molecule has 0 saturated heterocycles. The Morgan fingerprint density at radius 3 is 2.00 bits per heavy atom. The van der Waals surface area contributed by atoms with Crippen LogP contribution in [0, 0.1) is 0 Å². The average molecular weight is 291 g/mol. The number of nitrogens with one attached hydrogen (secondary N) is 1. The Kier molecular flexibility index (Phi) is 4.23. The summed E-state index contributed by atoms with van der Waals surface area (Å²) in [6, 6.07) is 17.8. The summed E-state index contributed by atoms with van der Waals surface area (Å²) < 4.78 is 27.6. The maximum atomic E-state index is 12.4. The fourth-order valence-electron chi connectivity index (χ4n) is 2.02. The van der Waals surface area contributed by atoms with E-state index in [4.69, 9.17) is 0 Å². The summed E-state index contributed by atoms with van der Waals surface area (Å²) in [6.45, 7) is 2.26. The zero-order chi connectivity index (χ0) is 14.6. The molecule has 0 spiro atoms. The molecule has 0 radical (unpaired) electrons. The molecule has 0 heterocycles. The summed E-state index contributed by atoms with van der Waals surface area (Å²) in [6.07, 6.45) is 0. The van der Waals surface area contributed by atoms with Crippen LogP contribution >= 0.6 is 0 Å². The molecule has 0 unspecified atom stereocenters. The second-order valence-corrected chi connectivity index (χ2v) is 6.55. The first-order valence-electron chi connectivity index (χ1n) is 6.42. The molecule has 0 aliphatic carbocycles. The quantitative estimate of drug-likeness (QED) is 0.866. The van der Waals surface area contributed by atoms with E-state index in [1.807, 2.05) is 37.3 Å². The van der Waals surface area contributed by atoms with Gasteiger partial charge in [-0.05, 0) is 24.6 Å². The van der Waals surface area contributed by atoms with Gasteiger partial charge in [-0.2, -0.15) is 4.72 Å². The highest BCUT2D eigenvalue weighted by Crippen LogP contribution is 2.22. The third-order valence-corrected chi connectivity index (χ3v) is 4.94. The summed E-state index contributed by atoms with van der Waals surface area (Å²) in [5.41, 5.74) is 4.06. The van der Waals surface area contributed by atoms with Crippen LogP contribution in [0.2, 0.25) is 0 Å². The molecule has 106 valence electrons. The number of rotatable bonds is 5. The van der Waals surface area contributed by atoms with Crippen molar-refractivity contribution in [1.29, 1.82) is 0 Å². The van der Waals surface area contributed by atoms with E-state index >= 15 is 0 Å². The first-order chi connectivity index (χ1) is 9.48. The minimum absolute atomic E-state index is 0.260. The van der Waals surface area contributed by atoms with Gasteiger partial charge in [-0.25, -0.2) is 8.42 Å². The number of quaternary nitrogens is 1. The van der Waals surface area contributed by atoms with Gasteiger partial charge < -0.3 is 5.73 Å². The van der Waals surface area contributed by atoms with Crippen LogP contribution in [-0.4, -0.2) is 15.0 Å². The predicted molar refractivity (Wildman–Crippen MR) is 78.3 cm³/mol. The number of hydrogen-bond acceptors (Lipinski definition) is 2. The van der Waals surface area contributed by atoms with E-state index in [0.717, 1.165) is 5.56 Å². The van der Waals surface area contributed by atoms with E-state index in [2.05, 4.69) is 10.5 Å². The normalized spacial score (nSPS) is 14.7. The van der Waals surface area contributed by atoms with Gasteiger partial charge in [-0.15, -0.1) is 0 Å². The first kappa shape index (κ1) is 14.7.